The molecule has 1 N–H and O–H groups in total. The summed E-state index contributed by atoms with van der Waals surface area (Å²) >= 11 is 1.30. The molecule has 1 fully saturated rings. The third-order valence-electron chi connectivity index (χ3n) is 5.92. The number of carbonyl (C=O) groups excluding carboxylic acids is 2. The van der Waals surface area contributed by atoms with Gasteiger partial charge in [-0.1, -0.05) is 41.6 Å². The molecule has 5 rings (SSSR count). The number of piperazine rings is 1. The Morgan fingerprint density at radius 3 is 2.46 bits per heavy atom. The summed E-state index contributed by atoms with van der Waals surface area (Å²) in [5, 5.41) is 3.48. The van der Waals surface area contributed by atoms with Gasteiger partial charge in [-0.2, -0.15) is 4.98 Å². The number of fused-ring (bicyclic) bond motifs is 1. The average molecular weight is 488 g/mol. The summed E-state index contributed by atoms with van der Waals surface area (Å²) in [5.74, 6) is 0.561. The number of hydrogen-bond acceptors (Lipinski definition) is 7. The summed E-state index contributed by atoms with van der Waals surface area (Å²) in [7, 11) is 0. The minimum absolute atomic E-state index is 0.119. The van der Waals surface area contributed by atoms with Crippen molar-refractivity contribution in [1.82, 2.24) is 14.9 Å². The van der Waals surface area contributed by atoms with E-state index in [9.17, 15) is 9.59 Å². The van der Waals surface area contributed by atoms with Gasteiger partial charge in [0, 0.05) is 38.8 Å². The molecule has 1 saturated heterocycles. The maximum atomic E-state index is 12.5. The van der Waals surface area contributed by atoms with E-state index >= 15 is 0 Å². The maximum absolute atomic E-state index is 12.5. The lowest BCUT2D eigenvalue weighted by Crippen LogP contribution is -2.48. The highest BCUT2D eigenvalue weighted by Crippen LogP contribution is 2.38. The summed E-state index contributed by atoms with van der Waals surface area (Å²) in [4.78, 5) is 37.5. The van der Waals surface area contributed by atoms with E-state index in [2.05, 4.69) is 20.2 Å². The zero-order valence-corrected chi connectivity index (χ0v) is 20.3. The lowest BCUT2D eigenvalue weighted by Gasteiger charge is -2.35. The molecule has 2 amide bonds. The SMILES string of the molecule is CC(=O)N1CCN(c2ccc(Oc3ncc4c(n3)S/C(=C/c3ccc(C)cc3)C(=O)N4)cc2)CC1. The lowest BCUT2D eigenvalue weighted by molar-refractivity contribution is -0.129. The van der Waals surface area contributed by atoms with Crippen LogP contribution in [-0.4, -0.2) is 52.9 Å². The van der Waals surface area contributed by atoms with Crippen LogP contribution in [0.3, 0.4) is 0 Å². The van der Waals surface area contributed by atoms with Crippen molar-refractivity contribution in [3.8, 4) is 11.8 Å². The predicted molar refractivity (Wildman–Crippen MR) is 137 cm³/mol. The average Bonchev–Trinajstić information content (AvgIpc) is 2.86. The Hall–Kier alpha value is -3.85. The van der Waals surface area contributed by atoms with Crippen LogP contribution < -0.4 is 15.0 Å². The number of aromatic nitrogens is 2. The molecule has 0 saturated carbocycles. The van der Waals surface area contributed by atoms with Gasteiger partial charge < -0.3 is 19.9 Å². The van der Waals surface area contributed by atoms with Gasteiger partial charge in [0.1, 0.15) is 10.8 Å². The van der Waals surface area contributed by atoms with Crippen molar-refractivity contribution in [2.75, 3.05) is 36.4 Å². The number of ether oxygens (including phenoxy) is 1. The van der Waals surface area contributed by atoms with Crippen LogP contribution in [0.1, 0.15) is 18.1 Å². The van der Waals surface area contributed by atoms with Crippen molar-refractivity contribution in [1.29, 1.82) is 0 Å². The summed E-state index contributed by atoms with van der Waals surface area (Å²) in [6, 6.07) is 15.9. The van der Waals surface area contributed by atoms with Crippen LogP contribution in [0.15, 0.2) is 64.7 Å². The molecule has 0 bridgehead atoms. The van der Waals surface area contributed by atoms with Gasteiger partial charge in [-0.25, -0.2) is 4.98 Å². The van der Waals surface area contributed by atoms with E-state index in [-0.39, 0.29) is 17.8 Å². The Morgan fingerprint density at radius 2 is 1.77 bits per heavy atom. The van der Waals surface area contributed by atoms with Crippen LogP contribution in [0, 0.1) is 6.92 Å². The molecular formula is C26H25N5O3S. The highest BCUT2D eigenvalue weighted by molar-refractivity contribution is 8.04. The standard InChI is InChI=1S/C26H25N5O3S/c1-17-3-5-19(6-4-17)15-23-24(33)28-22-16-27-26(29-25(22)35-23)34-21-9-7-20(8-10-21)31-13-11-30(12-14-31)18(2)32/h3-10,15-16H,11-14H2,1-2H3,(H,28,33)/b23-15+. The monoisotopic (exact) mass is 487 g/mol. The molecule has 9 heteroatoms. The van der Waals surface area contributed by atoms with Gasteiger partial charge >= 0.3 is 6.01 Å². The fourth-order valence-corrected chi connectivity index (χ4v) is 4.80. The van der Waals surface area contributed by atoms with Gasteiger partial charge in [0.25, 0.3) is 5.91 Å². The van der Waals surface area contributed by atoms with E-state index in [1.54, 1.807) is 13.1 Å². The van der Waals surface area contributed by atoms with E-state index in [0.717, 1.165) is 43.0 Å². The molecule has 3 aromatic rings. The lowest BCUT2D eigenvalue weighted by atomic mass is 10.1. The smallest absolute Gasteiger partial charge is 0.323 e. The van der Waals surface area contributed by atoms with Gasteiger partial charge in [0.05, 0.1) is 16.8 Å². The molecule has 8 nitrogen and oxygen atoms in total. The second kappa shape index (κ2) is 9.79. The first-order chi connectivity index (χ1) is 16.9. The van der Waals surface area contributed by atoms with Crippen LogP contribution in [0.25, 0.3) is 6.08 Å². The van der Waals surface area contributed by atoms with E-state index in [1.165, 1.54) is 11.8 Å². The summed E-state index contributed by atoms with van der Waals surface area (Å²) in [6.07, 6.45) is 3.41. The fourth-order valence-electron chi connectivity index (χ4n) is 3.92. The van der Waals surface area contributed by atoms with Crippen molar-refractivity contribution in [2.24, 2.45) is 0 Å². The Balaban J connectivity index is 1.26. The molecule has 0 unspecified atom stereocenters. The highest BCUT2D eigenvalue weighted by atomic mass is 32.2. The molecule has 178 valence electrons. The van der Waals surface area contributed by atoms with Crippen molar-refractivity contribution in [3.63, 3.8) is 0 Å². The van der Waals surface area contributed by atoms with E-state index in [0.29, 0.717) is 21.4 Å². The quantitative estimate of drug-likeness (QED) is 0.433. The number of benzene rings is 2. The van der Waals surface area contributed by atoms with E-state index in [4.69, 9.17) is 4.74 Å². The Labute approximate surface area is 208 Å². The molecule has 2 aromatic carbocycles. The number of amides is 2. The van der Waals surface area contributed by atoms with Crippen LogP contribution in [0.2, 0.25) is 0 Å². The maximum Gasteiger partial charge on any atom is 0.323 e. The predicted octanol–water partition coefficient (Wildman–Crippen LogP) is 4.33. The summed E-state index contributed by atoms with van der Waals surface area (Å²) in [6.45, 7) is 6.69. The summed E-state index contributed by atoms with van der Waals surface area (Å²) < 4.78 is 5.89. The van der Waals surface area contributed by atoms with Gasteiger partial charge in [0.15, 0.2) is 0 Å². The van der Waals surface area contributed by atoms with Gasteiger partial charge in [-0.3, -0.25) is 9.59 Å². The third-order valence-corrected chi connectivity index (χ3v) is 6.95. The van der Waals surface area contributed by atoms with Crippen LogP contribution in [0.4, 0.5) is 11.4 Å². The minimum Gasteiger partial charge on any atom is -0.424 e. The molecule has 35 heavy (non-hydrogen) atoms. The van der Waals surface area contributed by atoms with Crippen LogP contribution >= 0.6 is 11.8 Å². The van der Waals surface area contributed by atoms with Gasteiger partial charge in [-0.15, -0.1) is 0 Å². The van der Waals surface area contributed by atoms with Crippen molar-refractivity contribution in [2.45, 2.75) is 18.9 Å². The number of thioether (sulfide) groups is 1. The van der Waals surface area contributed by atoms with E-state index < -0.39 is 0 Å². The largest absolute Gasteiger partial charge is 0.424 e. The molecule has 0 radical (unpaired) electrons. The summed E-state index contributed by atoms with van der Waals surface area (Å²) in [5.41, 5.74) is 3.76. The number of hydrogen-bond donors (Lipinski definition) is 1. The van der Waals surface area contributed by atoms with Crippen LogP contribution in [-0.2, 0) is 9.59 Å². The first-order valence-electron chi connectivity index (χ1n) is 11.4. The molecule has 2 aliphatic rings. The minimum atomic E-state index is -0.180. The molecule has 0 spiro atoms. The third kappa shape index (κ3) is 5.30. The van der Waals surface area contributed by atoms with Crippen molar-refractivity contribution >= 4 is 41.0 Å². The number of nitrogens with zero attached hydrogens (tertiary/aromatic N) is 4. The molecular weight excluding hydrogens is 462 g/mol. The second-order valence-corrected chi connectivity index (χ2v) is 9.47. The molecule has 1 aromatic heterocycles. The molecule has 2 aliphatic heterocycles. The first kappa shape index (κ1) is 22.9. The second-order valence-electron chi connectivity index (χ2n) is 8.44. The number of rotatable bonds is 4. The van der Waals surface area contributed by atoms with Crippen molar-refractivity contribution < 1.29 is 14.3 Å². The zero-order chi connectivity index (χ0) is 24.4. The topological polar surface area (TPSA) is 87.7 Å². The van der Waals surface area contributed by atoms with Crippen molar-refractivity contribution in [3.05, 3.63) is 70.8 Å². The highest BCUT2D eigenvalue weighted by Gasteiger charge is 2.24. The Morgan fingerprint density at radius 1 is 1.06 bits per heavy atom. The zero-order valence-electron chi connectivity index (χ0n) is 19.5. The first-order valence-corrected chi connectivity index (χ1v) is 12.2. The Bertz CT molecular complexity index is 1280. The molecule has 0 aliphatic carbocycles. The van der Waals surface area contributed by atoms with E-state index in [1.807, 2.05) is 66.4 Å². The van der Waals surface area contributed by atoms with Gasteiger partial charge in [-0.05, 0) is 42.8 Å². The number of anilines is 2. The Kier molecular flexibility index (Phi) is 6.41. The number of nitrogens with one attached hydrogen (secondary N) is 1. The fraction of sp³-hybridized carbons (Fsp3) is 0.231. The van der Waals surface area contributed by atoms with Crippen LogP contribution in [0.5, 0.6) is 11.8 Å². The number of aryl methyl sites for hydroxylation is 1. The molecule has 0 atom stereocenters. The van der Waals surface area contributed by atoms with Gasteiger partial charge in [0.2, 0.25) is 5.91 Å². The number of carbonyl (C=O) groups is 2. The molecule has 3 heterocycles. The normalized spacial score (nSPS) is 16.6.